The van der Waals surface area contributed by atoms with Crippen molar-refractivity contribution in [1.29, 1.82) is 0 Å². The zero-order valence-electron chi connectivity index (χ0n) is 7.91. The number of halogens is 4. The van der Waals surface area contributed by atoms with Crippen molar-refractivity contribution in [2.75, 3.05) is 0 Å². The first-order valence-corrected chi connectivity index (χ1v) is 4.38. The third-order valence-electron chi connectivity index (χ3n) is 1.68. The van der Waals surface area contributed by atoms with E-state index in [-0.39, 0.29) is 18.2 Å². The topological polar surface area (TPSA) is 35.2 Å². The molecule has 0 heterocycles. The summed E-state index contributed by atoms with van der Waals surface area (Å²) in [5.41, 5.74) is 6.05. The predicted octanol–water partition coefficient (Wildman–Crippen LogP) is 3.38. The molecule has 0 aliphatic rings. The van der Waals surface area contributed by atoms with E-state index in [0.717, 1.165) is 0 Å². The molecule has 6 heteroatoms. The predicted molar refractivity (Wildman–Crippen MR) is 57.9 cm³/mol. The molecule has 2 N–H and O–H groups in total. The van der Waals surface area contributed by atoms with Crippen LogP contribution in [0.3, 0.4) is 0 Å². The van der Waals surface area contributed by atoms with Crippen LogP contribution in [0.2, 0.25) is 5.02 Å². The molecular weight excluding hydrogens is 247 g/mol. The monoisotopic (exact) mass is 257 g/mol. The summed E-state index contributed by atoms with van der Waals surface area (Å²) in [5.74, 6) is 0.0689. The Labute approximate surface area is 97.8 Å². The van der Waals surface area contributed by atoms with E-state index in [2.05, 4.69) is 4.74 Å². The number of hydrogen-bond acceptors (Lipinski definition) is 2. The van der Waals surface area contributed by atoms with E-state index in [1.165, 1.54) is 18.2 Å². The standard InChI is InChI=1S/C9H10ClF2NO.ClH/c1-5(13)7-4-6(10)2-3-8(7)14-9(11)12;/h2-5,9H,13H2,1H3;1H. The van der Waals surface area contributed by atoms with Crippen LogP contribution in [0.4, 0.5) is 8.78 Å². The van der Waals surface area contributed by atoms with Crippen molar-refractivity contribution >= 4 is 24.0 Å². The molecule has 0 spiro atoms. The summed E-state index contributed by atoms with van der Waals surface area (Å²) in [7, 11) is 0. The second-order valence-corrected chi connectivity index (χ2v) is 3.29. The van der Waals surface area contributed by atoms with Crippen LogP contribution in [0, 0.1) is 0 Å². The molecule has 86 valence electrons. The van der Waals surface area contributed by atoms with Crippen molar-refractivity contribution < 1.29 is 13.5 Å². The highest BCUT2D eigenvalue weighted by atomic mass is 35.5. The average molecular weight is 258 g/mol. The van der Waals surface area contributed by atoms with Gasteiger partial charge in [0.2, 0.25) is 0 Å². The fraction of sp³-hybridized carbons (Fsp3) is 0.333. The highest BCUT2D eigenvalue weighted by Crippen LogP contribution is 2.28. The van der Waals surface area contributed by atoms with E-state index in [1.54, 1.807) is 6.92 Å². The van der Waals surface area contributed by atoms with E-state index in [9.17, 15) is 8.78 Å². The summed E-state index contributed by atoms with van der Waals surface area (Å²) >= 11 is 5.70. The van der Waals surface area contributed by atoms with Crippen LogP contribution in [0.1, 0.15) is 18.5 Å². The number of ether oxygens (including phenoxy) is 1. The van der Waals surface area contributed by atoms with Crippen molar-refractivity contribution in [2.45, 2.75) is 19.6 Å². The Morgan fingerprint density at radius 3 is 2.47 bits per heavy atom. The number of benzene rings is 1. The molecule has 1 aromatic carbocycles. The van der Waals surface area contributed by atoms with Gasteiger partial charge in [-0.05, 0) is 25.1 Å². The Kier molecular flexibility index (Phi) is 5.87. The number of hydrogen-bond donors (Lipinski definition) is 1. The van der Waals surface area contributed by atoms with Gasteiger partial charge >= 0.3 is 6.61 Å². The smallest absolute Gasteiger partial charge is 0.387 e. The quantitative estimate of drug-likeness (QED) is 0.901. The molecule has 0 aliphatic carbocycles. The summed E-state index contributed by atoms with van der Waals surface area (Å²) in [6, 6.07) is 3.98. The lowest BCUT2D eigenvalue weighted by atomic mass is 10.1. The van der Waals surface area contributed by atoms with E-state index in [1.807, 2.05) is 0 Å². The molecule has 0 saturated heterocycles. The molecule has 0 aliphatic heterocycles. The maximum atomic E-state index is 12.0. The number of nitrogens with two attached hydrogens (primary N) is 1. The molecule has 0 bridgehead atoms. The number of rotatable bonds is 3. The maximum Gasteiger partial charge on any atom is 0.387 e. The molecule has 1 atom stereocenters. The Morgan fingerprint density at radius 2 is 2.00 bits per heavy atom. The summed E-state index contributed by atoms with van der Waals surface area (Å²) in [6.07, 6.45) is 0. The zero-order valence-corrected chi connectivity index (χ0v) is 9.49. The molecule has 0 amide bonds. The highest BCUT2D eigenvalue weighted by Gasteiger charge is 2.12. The van der Waals surface area contributed by atoms with Gasteiger partial charge in [-0.2, -0.15) is 8.78 Å². The second-order valence-electron chi connectivity index (χ2n) is 2.85. The van der Waals surface area contributed by atoms with Crippen molar-refractivity contribution in [3.8, 4) is 5.75 Å². The molecule has 1 aromatic rings. The third-order valence-corrected chi connectivity index (χ3v) is 1.91. The Balaban J connectivity index is 0.00000196. The number of alkyl halides is 2. The van der Waals surface area contributed by atoms with Gasteiger partial charge in [-0.25, -0.2) is 0 Å². The Hall–Kier alpha value is -0.580. The summed E-state index contributed by atoms with van der Waals surface area (Å²) in [5, 5.41) is 0.443. The largest absolute Gasteiger partial charge is 0.434 e. The van der Waals surface area contributed by atoms with Gasteiger partial charge in [0.1, 0.15) is 5.75 Å². The first-order valence-electron chi connectivity index (χ1n) is 4.00. The van der Waals surface area contributed by atoms with Gasteiger partial charge in [0.05, 0.1) is 0 Å². The fourth-order valence-electron chi connectivity index (χ4n) is 1.08. The first-order chi connectivity index (χ1) is 6.50. The van der Waals surface area contributed by atoms with Gasteiger partial charge in [-0.15, -0.1) is 12.4 Å². The summed E-state index contributed by atoms with van der Waals surface area (Å²) < 4.78 is 28.2. The van der Waals surface area contributed by atoms with Gasteiger partial charge < -0.3 is 10.5 Å². The highest BCUT2D eigenvalue weighted by molar-refractivity contribution is 6.30. The van der Waals surface area contributed by atoms with Crippen molar-refractivity contribution in [1.82, 2.24) is 0 Å². The molecule has 15 heavy (non-hydrogen) atoms. The molecule has 0 radical (unpaired) electrons. The van der Waals surface area contributed by atoms with Gasteiger partial charge in [0.15, 0.2) is 0 Å². The van der Waals surface area contributed by atoms with Gasteiger partial charge in [0, 0.05) is 16.6 Å². The van der Waals surface area contributed by atoms with E-state index in [0.29, 0.717) is 10.6 Å². The van der Waals surface area contributed by atoms with Crippen LogP contribution in [0.25, 0.3) is 0 Å². The van der Waals surface area contributed by atoms with Crippen molar-refractivity contribution in [3.63, 3.8) is 0 Å². The van der Waals surface area contributed by atoms with E-state index >= 15 is 0 Å². The molecule has 1 rings (SSSR count). The minimum Gasteiger partial charge on any atom is -0.434 e. The van der Waals surface area contributed by atoms with Crippen LogP contribution in [0.15, 0.2) is 18.2 Å². The average Bonchev–Trinajstić information content (AvgIpc) is 2.07. The van der Waals surface area contributed by atoms with Crippen LogP contribution in [-0.2, 0) is 0 Å². The fourth-order valence-corrected chi connectivity index (χ4v) is 1.26. The van der Waals surface area contributed by atoms with E-state index < -0.39 is 12.7 Å². The van der Waals surface area contributed by atoms with Crippen LogP contribution >= 0.6 is 24.0 Å². The maximum absolute atomic E-state index is 12.0. The lowest BCUT2D eigenvalue weighted by Gasteiger charge is -2.13. The molecule has 0 fully saturated rings. The lowest BCUT2D eigenvalue weighted by Crippen LogP contribution is -2.10. The third kappa shape index (κ3) is 4.20. The van der Waals surface area contributed by atoms with Crippen LogP contribution < -0.4 is 10.5 Å². The molecule has 1 unspecified atom stereocenters. The van der Waals surface area contributed by atoms with Crippen molar-refractivity contribution in [3.05, 3.63) is 28.8 Å². The normalized spacial score (nSPS) is 12.1. The Bertz CT molecular complexity index is 321. The van der Waals surface area contributed by atoms with Gasteiger partial charge in [-0.3, -0.25) is 0 Å². The lowest BCUT2D eigenvalue weighted by molar-refractivity contribution is -0.0505. The van der Waals surface area contributed by atoms with Gasteiger partial charge in [0.25, 0.3) is 0 Å². The molecule has 2 nitrogen and oxygen atoms in total. The van der Waals surface area contributed by atoms with Gasteiger partial charge in [-0.1, -0.05) is 11.6 Å². The van der Waals surface area contributed by atoms with Crippen LogP contribution in [0.5, 0.6) is 5.75 Å². The molecular formula is C9H11Cl2F2NO. The second kappa shape index (κ2) is 6.10. The van der Waals surface area contributed by atoms with Crippen LogP contribution in [-0.4, -0.2) is 6.61 Å². The minimum atomic E-state index is -2.85. The van der Waals surface area contributed by atoms with E-state index in [4.69, 9.17) is 17.3 Å². The summed E-state index contributed by atoms with van der Waals surface area (Å²) in [6.45, 7) is -1.18. The molecule has 0 aromatic heterocycles. The van der Waals surface area contributed by atoms with Crippen molar-refractivity contribution in [2.24, 2.45) is 5.73 Å². The SMILES string of the molecule is CC(N)c1cc(Cl)ccc1OC(F)F.Cl. The zero-order chi connectivity index (χ0) is 10.7. The molecule has 0 saturated carbocycles. The minimum absolute atomic E-state index is 0. The summed E-state index contributed by atoms with van der Waals surface area (Å²) in [4.78, 5) is 0. The Morgan fingerprint density at radius 1 is 1.40 bits per heavy atom. The first kappa shape index (κ1) is 14.4.